The van der Waals surface area contributed by atoms with Crippen molar-refractivity contribution < 1.29 is 13.5 Å². The molecule has 0 amide bonds. The largest absolute Gasteiger partial charge is 0.487 e. The minimum absolute atomic E-state index is 0.210. The molecule has 0 aliphatic carbocycles. The van der Waals surface area contributed by atoms with Gasteiger partial charge in [0.05, 0.1) is 5.70 Å². The van der Waals surface area contributed by atoms with Gasteiger partial charge in [0.25, 0.3) is 0 Å². The summed E-state index contributed by atoms with van der Waals surface area (Å²) in [5.41, 5.74) is 3.86. The van der Waals surface area contributed by atoms with Crippen LogP contribution < -0.4 is 4.74 Å². The Balaban J connectivity index is 0.000000292. The van der Waals surface area contributed by atoms with Crippen molar-refractivity contribution in [3.8, 4) is 5.75 Å². The molecule has 0 atom stereocenters. The van der Waals surface area contributed by atoms with Crippen LogP contribution in [-0.4, -0.2) is 12.3 Å². The van der Waals surface area contributed by atoms with Crippen LogP contribution in [0, 0.1) is 11.6 Å². The summed E-state index contributed by atoms with van der Waals surface area (Å²) >= 11 is 0. The molecule has 0 spiro atoms. The Bertz CT molecular complexity index is 828. The van der Waals surface area contributed by atoms with E-state index in [0.29, 0.717) is 12.4 Å². The first-order valence-corrected chi connectivity index (χ1v) is 8.99. The molecule has 0 saturated carbocycles. The maximum atomic E-state index is 12.6. The van der Waals surface area contributed by atoms with Gasteiger partial charge < -0.3 is 4.74 Å². The third kappa shape index (κ3) is 8.58. The van der Waals surface area contributed by atoms with Crippen LogP contribution in [0.15, 0.2) is 84.0 Å². The molecule has 2 aromatic rings. The standard InChI is InChI=1S/C13H16FNO.C11H11F/c1-4-12(15-10(2)3)9-16-13-7-5-11(14)6-8-13;1-3-9(4-2)10-5-7-11(12)8-6-10/h4-8H,9H2,1-3H3;3-8H,1H2,2H3/b12-4-;9-4+. The van der Waals surface area contributed by atoms with E-state index in [4.69, 9.17) is 4.74 Å². The maximum absolute atomic E-state index is 12.6. The molecule has 0 aliphatic rings. The van der Waals surface area contributed by atoms with E-state index in [9.17, 15) is 8.78 Å². The fraction of sp³-hybridized carbons (Fsp3) is 0.208. The number of allylic oxidation sites excluding steroid dienone is 4. The predicted molar refractivity (Wildman–Crippen MR) is 115 cm³/mol. The molecule has 2 rings (SSSR count). The lowest BCUT2D eigenvalue weighted by Crippen LogP contribution is -2.00. The van der Waals surface area contributed by atoms with Gasteiger partial charge in [-0.3, -0.25) is 4.99 Å². The molecule has 0 radical (unpaired) electrons. The van der Waals surface area contributed by atoms with Crippen molar-refractivity contribution >= 4 is 11.3 Å². The van der Waals surface area contributed by atoms with Gasteiger partial charge in [0.2, 0.25) is 0 Å². The Kier molecular flexibility index (Phi) is 10.2. The molecule has 0 fully saturated rings. The van der Waals surface area contributed by atoms with E-state index in [1.807, 2.05) is 39.8 Å². The van der Waals surface area contributed by atoms with Crippen LogP contribution in [-0.2, 0) is 0 Å². The number of rotatable bonds is 6. The number of benzene rings is 2. The van der Waals surface area contributed by atoms with Gasteiger partial charge in [-0.1, -0.05) is 36.9 Å². The molecule has 28 heavy (non-hydrogen) atoms. The first kappa shape index (κ1) is 23.0. The number of halogens is 2. The van der Waals surface area contributed by atoms with E-state index >= 15 is 0 Å². The van der Waals surface area contributed by atoms with Crippen LogP contribution >= 0.6 is 0 Å². The molecule has 0 saturated heterocycles. The van der Waals surface area contributed by atoms with Crippen molar-refractivity contribution in [1.29, 1.82) is 0 Å². The van der Waals surface area contributed by atoms with E-state index in [1.165, 1.54) is 24.3 Å². The zero-order valence-corrected chi connectivity index (χ0v) is 16.9. The lowest BCUT2D eigenvalue weighted by molar-refractivity contribution is 0.350. The normalized spacial score (nSPS) is 11.2. The van der Waals surface area contributed by atoms with Crippen LogP contribution in [0.2, 0.25) is 0 Å². The van der Waals surface area contributed by atoms with E-state index in [-0.39, 0.29) is 11.6 Å². The lowest BCUT2D eigenvalue weighted by Gasteiger charge is -2.06. The minimum atomic E-state index is -0.263. The van der Waals surface area contributed by atoms with Crippen LogP contribution in [0.3, 0.4) is 0 Å². The molecule has 0 unspecified atom stereocenters. The van der Waals surface area contributed by atoms with Gasteiger partial charge in [-0.15, -0.1) is 0 Å². The molecule has 2 nitrogen and oxygen atoms in total. The highest BCUT2D eigenvalue weighted by molar-refractivity contribution is 5.80. The Morgan fingerprint density at radius 3 is 1.89 bits per heavy atom. The fourth-order valence-corrected chi connectivity index (χ4v) is 2.20. The minimum Gasteiger partial charge on any atom is -0.487 e. The molecule has 0 aromatic heterocycles. The summed E-state index contributed by atoms with van der Waals surface area (Å²) in [6.45, 7) is 11.8. The summed E-state index contributed by atoms with van der Waals surface area (Å²) in [6, 6.07) is 12.3. The van der Waals surface area contributed by atoms with Gasteiger partial charge >= 0.3 is 0 Å². The number of ether oxygens (including phenoxy) is 1. The first-order valence-electron chi connectivity index (χ1n) is 8.99. The number of hydrogen-bond donors (Lipinski definition) is 0. The third-order valence-electron chi connectivity index (χ3n) is 3.61. The second-order valence-corrected chi connectivity index (χ2v) is 6.04. The van der Waals surface area contributed by atoms with E-state index in [2.05, 4.69) is 11.6 Å². The van der Waals surface area contributed by atoms with Crippen LogP contribution in [0.25, 0.3) is 5.57 Å². The Morgan fingerprint density at radius 1 is 0.929 bits per heavy atom. The molecule has 0 bridgehead atoms. The second-order valence-electron chi connectivity index (χ2n) is 6.04. The third-order valence-corrected chi connectivity index (χ3v) is 3.61. The highest BCUT2D eigenvalue weighted by Crippen LogP contribution is 2.15. The van der Waals surface area contributed by atoms with E-state index < -0.39 is 0 Å². The summed E-state index contributed by atoms with van der Waals surface area (Å²) < 4.78 is 30.6. The topological polar surface area (TPSA) is 21.6 Å². The highest BCUT2D eigenvalue weighted by atomic mass is 19.1. The van der Waals surface area contributed by atoms with Crippen molar-refractivity contribution in [2.45, 2.75) is 27.7 Å². The monoisotopic (exact) mass is 383 g/mol. The summed E-state index contributed by atoms with van der Waals surface area (Å²) in [7, 11) is 0. The lowest BCUT2D eigenvalue weighted by atomic mass is 10.1. The highest BCUT2D eigenvalue weighted by Gasteiger charge is 1.98. The fourth-order valence-electron chi connectivity index (χ4n) is 2.20. The molecule has 2 aromatic carbocycles. The first-order chi connectivity index (χ1) is 13.4. The maximum Gasteiger partial charge on any atom is 0.130 e. The molecule has 0 N–H and O–H groups in total. The quantitative estimate of drug-likeness (QED) is 0.388. The zero-order chi connectivity index (χ0) is 20.9. The van der Waals surface area contributed by atoms with Crippen molar-refractivity contribution in [1.82, 2.24) is 0 Å². The van der Waals surface area contributed by atoms with Gasteiger partial charge in [-0.2, -0.15) is 0 Å². The molecule has 0 heterocycles. The molecule has 148 valence electrons. The van der Waals surface area contributed by atoms with Crippen LogP contribution in [0.4, 0.5) is 8.78 Å². The second kappa shape index (κ2) is 12.4. The predicted octanol–water partition coefficient (Wildman–Crippen LogP) is 7.00. The Labute approximate surface area is 166 Å². The smallest absolute Gasteiger partial charge is 0.130 e. The number of aliphatic imine (C=N–C) groups is 1. The van der Waals surface area contributed by atoms with Crippen LogP contribution in [0.5, 0.6) is 5.75 Å². The van der Waals surface area contributed by atoms with Crippen molar-refractivity contribution in [2.24, 2.45) is 4.99 Å². The molecule has 0 aliphatic heterocycles. The van der Waals surface area contributed by atoms with E-state index in [1.54, 1.807) is 30.3 Å². The zero-order valence-electron chi connectivity index (χ0n) is 16.9. The Morgan fingerprint density at radius 2 is 1.46 bits per heavy atom. The molecular weight excluding hydrogens is 356 g/mol. The molecular formula is C24H27F2NO. The van der Waals surface area contributed by atoms with Crippen LogP contribution in [0.1, 0.15) is 33.3 Å². The van der Waals surface area contributed by atoms with E-state index in [0.717, 1.165) is 22.5 Å². The van der Waals surface area contributed by atoms with Gasteiger partial charge in [0.15, 0.2) is 0 Å². The van der Waals surface area contributed by atoms with Gasteiger partial charge in [-0.05, 0) is 75.2 Å². The molecule has 4 heteroatoms. The summed E-state index contributed by atoms with van der Waals surface area (Å²) in [5, 5.41) is 0. The SMILES string of the molecule is C/C=C(/COc1ccc(F)cc1)N=C(C)C.C=C/C(=C\C)c1ccc(F)cc1. The average Bonchev–Trinajstić information content (AvgIpc) is 2.69. The summed E-state index contributed by atoms with van der Waals surface area (Å²) in [5.74, 6) is 0.170. The number of hydrogen-bond acceptors (Lipinski definition) is 2. The van der Waals surface area contributed by atoms with Gasteiger partial charge in [0, 0.05) is 5.71 Å². The van der Waals surface area contributed by atoms with Gasteiger partial charge in [0.1, 0.15) is 24.0 Å². The summed E-state index contributed by atoms with van der Waals surface area (Å²) in [6.07, 6.45) is 5.60. The van der Waals surface area contributed by atoms with Crippen molar-refractivity contribution in [3.63, 3.8) is 0 Å². The average molecular weight is 383 g/mol. The van der Waals surface area contributed by atoms with Gasteiger partial charge in [-0.25, -0.2) is 8.78 Å². The van der Waals surface area contributed by atoms with Crippen molar-refractivity contribution in [3.05, 3.63) is 96.2 Å². The number of nitrogens with zero attached hydrogens (tertiary/aromatic N) is 1. The Hall–Kier alpha value is -3.01. The van der Waals surface area contributed by atoms with Crippen molar-refractivity contribution in [2.75, 3.05) is 6.61 Å². The summed E-state index contributed by atoms with van der Waals surface area (Å²) in [4.78, 5) is 4.31.